The molecule has 1 aromatic carbocycles. The molecule has 0 saturated carbocycles. The SMILES string of the molecule is COCCN(CCCC(=O)c1ccccc1)CC(C)C. The van der Waals surface area contributed by atoms with Crippen molar-refractivity contribution in [2.45, 2.75) is 26.7 Å². The molecule has 0 saturated heterocycles. The summed E-state index contributed by atoms with van der Waals surface area (Å²) >= 11 is 0. The van der Waals surface area contributed by atoms with E-state index in [4.69, 9.17) is 4.74 Å². The summed E-state index contributed by atoms with van der Waals surface area (Å²) in [7, 11) is 1.73. The van der Waals surface area contributed by atoms with Gasteiger partial charge in [-0.05, 0) is 18.9 Å². The van der Waals surface area contributed by atoms with Crippen molar-refractivity contribution in [3.8, 4) is 0 Å². The second kappa shape index (κ2) is 9.67. The van der Waals surface area contributed by atoms with E-state index in [9.17, 15) is 4.79 Å². The number of ether oxygens (including phenoxy) is 1. The summed E-state index contributed by atoms with van der Waals surface area (Å²) in [4.78, 5) is 14.4. The zero-order chi connectivity index (χ0) is 14.8. The van der Waals surface area contributed by atoms with Crippen LogP contribution in [-0.2, 0) is 4.74 Å². The van der Waals surface area contributed by atoms with Gasteiger partial charge in [0, 0.05) is 32.2 Å². The predicted octanol–water partition coefficient (Wildman–Crippen LogP) is 3.25. The van der Waals surface area contributed by atoms with Gasteiger partial charge in [0.05, 0.1) is 6.61 Å². The molecule has 0 bridgehead atoms. The van der Waals surface area contributed by atoms with Crippen molar-refractivity contribution in [3.05, 3.63) is 35.9 Å². The molecular formula is C17H27NO2. The van der Waals surface area contributed by atoms with E-state index < -0.39 is 0 Å². The number of Topliss-reactive ketones (excluding diaryl/α,β-unsaturated/α-hetero) is 1. The topological polar surface area (TPSA) is 29.5 Å². The lowest BCUT2D eigenvalue weighted by atomic mass is 10.1. The zero-order valence-electron chi connectivity index (χ0n) is 13.0. The molecule has 0 amide bonds. The van der Waals surface area contributed by atoms with Crippen molar-refractivity contribution in [2.75, 3.05) is 33.4 Å². The van der Waals surface area contributed by atoms with Crippen LogP contribution in [0, 0.1) is 5.92 Å². The molecule has 112 valence electrons. The summed E-state index contributed by atoms with van der Waals surface area (Å²) in [6.07, 6.45) is 1.52. The van der Waals surface area contributed by atoms with Crippen LogP contribution >= 0.6 is 0 Å². The number of ketones is 1. The predicted molar refractivity (Wildman–Crippen MR) is 83.2 cm³/mol. The average molecular weight is 277 g/mol. The lowest BCUT2D eigenvalue weighted by molar-refractivity contribution is 0.0968. The van der Waals surface area contributed by atoms with Crippen LogP contribution in [0.5, 0.6) is 0 Å². The molecule has 0 unspecified atom stereocenters. The summed E-state index contributed by atoms with van der Waals surface area (Å²) in [5.74, 6) is 0.874. The maximum atomic E-state index is 12.0. The van der Waals surface area contributed by atoms with Crippen LogP contribution in [-0.4, -0.2) is 44.0 Å². The van der Waals surface area contributed by atoms with Gasteiger partial charge in [-0.15, -0.1) is 0 Å². The first-order valence-electron chi connectivity index (χ1n) is 7.43. The van der Waals surface area contributed by atoms with Gasteiger partial charge in [-0.3, -0.25) is 4.79 Å². The zero-order valence-corrected chi connectivity index (χ0v) is 13.0. The Morgan fingerprint density at radius 3 is 2.50 bits per heavy atom. The minimum atomic E-state index is 0.238. The highest BCUT2D eigenvalue weighted by Crippen LogP contribution is 2.07. The summed E-state index contributed by atoms with van der Waals surface area (Å²) in [5, 5.41) is 0. The van der Waals surface area contributed by atoms with Crippen molar-refractivity contribution >= 4 is 5.78 Å². The molecule has 0 radical (unpaired) electrons. The Labute approximate surface area is 122 Å². The van der Waals surface area contributed by atoms with E-state index in [1.165, 1.54) is 0 Å². The van der Waals surface area contributed by atoms with Gasteiger partial charge in [0.15, 0.2) is 5.78 Å². The summed E-state index contributed by atoms with van der Waals surface area (Å²) in [6.45, 7) is 8.14. The van der Waals surface area contributed by atoms with Gasteiger partial charge in [0.1, 0.15) is 0 Å². The number of benzene rings is 1. The van der Waals surface area contributed by atoms with Gasteiger partial charge < -0.3 is 9.64 Å². The fraction of sp³-hybridized carbons (Fsp3) is 0.588. The Bertz CT molecular complexity index is 376. The highest BCUT2D eigenvalue weighted by Gasteiger charge is 2.09. The first-order chi connectivity index (χ1) is 9.63. The van der Waals surface area contributed by atoms with E-state index >= 15 is 0 Å². The molecular weight excluding hydrogens is 250 g/mol. The van der Waals surface area contributed by atoms with Crippen LogP contribution < -0.4 is 0 Å². The molecule has 0 aromatic heterocycles. The number of carbonyl (C=O) groups is 1. The van der Waals surface area contributed by atoms with Crippen LogP contribution in [0.15, 0.2) is 30.3 Å². The smallest absolute Gasteiger partial charge is 0.162 e. The molecule has 3 heteroatoms. The molecule has 0 heterocycles. The molecule has 1 aromatic rings. The van der Waals surface area contributed by atoms with E-state index in [0.29, 0.717) is 12.3 Å². The van der Waals surface area contributed by atoms with Crippen LogP contribution in [0.2, 0.25) is 0 Å². The minimum Gasteiger partial charge on any atom is -0.383 e. The Morgan fingerprint density at radius 2 is 1.90 bits per heavy atom. The molecule has 3 nitrogen and oxygen atoms in total. The molecule has 0 aliphatic rings. The van der Waals surface area contributed by atoms with Crippen LogP contribution in [0.3, 0.4) is 0 Å². The number of nitrogens with zero attached hydrogens (tertiary/aromatic N) is 1. The van der Waals surface area contributed by atoms with Crippen LogP contribution in [0.25, 0.3) is 0 Å². The number of hydrogen-bond donors (Lipinski definition) is 0. The largest absolute Gasteiger partial charge is 0.383 e. The van der Waals surface area contributed by atoms with Gasteiger partial charge >= 0.3 is 0 Å². The van der Waals surface area contributed by atoms with Gasteiger partial charge in [-0.1, -0.05) is 44.2 Å². The quantitative estimate of drug-likeness (QED) is 0.615. The average Bonchev–Trinajstić information content (AvgIpc) is 2.44. The maximum Gasteiger partial charge on any atom is 0.162 e. The number of carbonyl (C=O) groups excluding carboxylic acids is 1. The second-order valence-electron chi connectivity index (χ2n) is 5.58. The van der Waals surface area contributed by atoms with Crippen molar-refractivity contribution in [1.29, 1.82) is 0 Å². The van der Waals surface area contributed by atoms with Crippen molar-refractivity contribution < 1.29 is 9.53 Å². The van der Waals surface area contributed by atoms with E-state index in [2.05, 4.69) is 18.7 Å². The number of hydrogen-bond acceptors (Lipinski definition) is 3. The van der Waals surface area contributed by atoms with Gasteiger partial charge in [-0.2, -0.15) is 0 Å². The first kappa shape index (κ1) is 16.9. The maximum absolute atomic E-state index is 12.0. The van der Waals surface area contributed by atoms with E-state index in [1.54, 1.807) is 7.11 Å². The molecule has 0 aliphatic heterocycles. The Kier molecular flexibility index (Phi) is 8.16. The third kappa shape index (κ3) is 6.83. The Hall–Kier alpha value is -1.19. The second-order valence-corrected chi connectivity index (χ2v) is 5.58. The fourth-order valence-electron chi connectivity index (χ4n) is 2.26. The lowest BCUT2D eigenvalue weighted by Gasteiger charge is -2.23. The number of methoxy groups -OCH3 is 1. The fourth-order valence-corrected chi connectivity index (χ4v) is 2.26. The van der Waals surface area contributed by atoms with Crippen molar-refractivity contribution in [3.63, 3.8) is 0 Å². The third-order valence-electron chi connectivity index (χ3n) is 3.21. The van der Waals surface area contributed by atoms with Gasteiger partial charge in [0.25, 0.3) is 0 Å². The normalized spacial score (nSPS) is 11.2. The molecule has 1 rings (SSSR count). The molecule has 0 aliphatic carbocycles. The van der Waals surface area contributed by atoms with E-state index in [1.807, 2.05) is 30.3 Å². The Balaban J connectivity index is 2.34. The van der Waals surface area contributed by atoms with E-state index in [-0.39, 0.29) is 5.78 Å². The van der Waals surface area contributed by atoms with Gasteiger partial charge in [0.2, 0.25) is 0 Å². The minimum absolute atomic E-state index is 0.238. The molecule has 0 N–H and O–H groups in total. The highest BCUT2D eigenvalue weighted by atomic mass is 16.5. The van der Waals surface area contributed by atoms with E-state index in [0.717, 1.165) is 38.2 Å². The third-order valence-corrected chi connectivity index (χ3v) is 3.21. The molecule has 0 fully saturated rings. The first-order valence-corrected chi connectivity index (χ1v) is 7.43. The summed E-state index contributed by atoms with van der Waals surface area (Å²) in [5.41, 5.74) is 0.819. The summed E-state index contributed by atoms with van der Waals surface area (Å²) in [6, 6.07) is 9.54. The van der Waals surface area contributed by atoms with Gasteiger partial charge in [-0.25, -0.2) is 0 Å². The van der Waals surface area contributed by atoms with Crippen LogP contribution in [0.4, 0.5) is 0 Å². The highest BCUT2D eigenvalue weighted by molar-refractivity contribution is 5.95. The Morgan fingerprint density at radius 1 is 1.20 bits per heavy atom. The molecule has 0 spiro atoms. The summed E-state index contributed by atoms with van der Waals surface area (Å²) < 4.78 is 5.14. The standard InChI is InChI=1S/C17H27NO2/c1-15(2)14-18(12-13-20-3)11-7-10-17(19)16-8-5-4-6-9-16/h4-6,8-9,15H,7,10-14H2,1-3H3. The lowest BCUT2D eigenvalue weighted by Crippen LogP contribution is -2.32. The molecule has 0 atom stereocenters. The monoisotopic (exact) mass is 277 g/mol. The number of rotatable bonds is 10. The van der Waals surface area contributed by atoms with Crippen molar-refractivity contribution in [2.24, 2.45) is 5.92 Å². The van der Waals surface area contributed by atoms with Crippen molar-refractivity contribution in [1.82, 2.24) is 4.90 Å². The van der Waals surface area contributed by atoms with Crippen LogP contribution in [0.1, 0.15) is 37.0 Å². The molecule has 20 heavy (non-hydrogen) atoms.